The number of hydrogen-bond acceptors (Lipinski definition) is 8. The smallest absolute Gasteiger partial charge is 0.316 e. The highest BCUT2D eigenvalue weighted by Crippen LogP contribution is 2.21. The van der Waals surface area contributed by atoms with E-state index in [0.717, 1.165) is 16.1 Å². The first-order chi connectivity index (χ1) is 13.1. The fourth-order valence-electron chi connectivity index (χ4n) is 2.25. The molecule has 0 bridgehead atoms. The fraction of sp³-hybridized carbons (Fsp3) is 0.158. The molecule has 138 valence electrons. The quantitative estimate of drug-likeness (QED) is 0.474. The predicted octanol–water partition coefficient (Wildman–Crippen LogP) is 3.34. The molecule has 0 saturated heterocycles. The van der Waals surface area contributed by atoms with Crippen molar-refractivity contribution >= 4 is 35.3 Å². The van der Waals surface area contributed by atoms with E-state index in [-0.39, 0.29) is 30.1 Å². The third-order valence-corrected chi connectivity index (χ3v) is 4.68. The summed E-state index contributed by atoms with van der Waals surface area (Å²) in [6.07, 6.45) is 0. The van der Waals surface area contributed by atoms with Crippen molar-refractivity contribution in [2.45, 2.75) is 18.4 Å². The molecule has 3 aromatic rings. The van der Waals surface area contributed by atoms with Gasteiger partial charge in [-0.05, 0) is 30.7 Å². The molecule has 1 heterocycles. The number of hydrogen-bond donors (Lipinski definition) is 2. The summed E-state index contributed by atoms with van der Waals surface area (Å²) in [5.74, 6) is 0.508. The molecule has 3 rings (SSSR count). The van der Waals surface area contributed by atoms with Gasteiger partial charge in [-0.3, -0.25) is 4.79 Å². The zero-order valence-electron chi connectivity index (χ0n) is 14.8. The molecular formula is C19H19N5O2S. The Morgan fingerprint density at radius 2 is 1.81 bits per heavy atom. The molecular weight excluding hydrogens is 362 g/mol. The van der Waals surface area contributed by atoms with Gasteiger partial charge in [0.05, 0.1) is 5.75 Å². The molecule has 0 aliphatic rings. The molecule has 0 unspecified atom stereocenters. The van der Waals surface area contributed by atoms with Crippen molar-refractivity contribution in [3.63, 3.8) is 0 Å². The van der Waals surface area contributed by atoms with Crippen molar-refractivity contribution in [2.24, 2.45) is 0 Å². The van der Waals surface area contributed by atoms with E-state index in [1.165, 1.54) is 11.8 Å². The van der Waals surface area contributed by atoms with Crippen LogP contribution in [0.4, 0.5) is 17.6 Å². The molecule has 0 atom stereocenters. The van der Waals surface area contributed by atoms with Crippen LogP contribution in [0.15, 0.2) is 59.5 Å². The molecule has 27 heavy (non-hydrogen) atoms. The summed E-state index contributed by atoms with van der Waals surface area (Å²) in [5, 5.41) is 3.04. The van der Waals surface area contributed by atoms with E-state index in [0.29, 0.717) is 5.95 Å². The highest BCUT2D eigenvalue weighted by atomic mass is 32.2. The molecule has 0 saturated carbocycles. The number of carbonyl (C=O) groups excluding carboxylic acids is 1. The van der Waals surface area contributed by atoms with Crippen molar-refractivity contribution in [3.05, 3.63) is 66.0 Å². The second-order valence-electron chi connectivity index (χ2n) is 5.64. The zero-order chi connectivity index (χ0) is 19.1. The Bertz CT molecular complexity index is 921. The summed E-state index contributed by atoms with van der Waals surface area (Å²) in [6.45, 7) is 1.94. The van der Waals surface area contributed by atoms with E-state index in [9.17, 15) is 4.79 Å². The Hall–Kier alpha value is -3.13. The van der Waals surface area contributed by atoms with E-state index in [1.807, 2.05) is 61.5 Å². The van der Waals surface area contributed by atoms with E-state index < -0.39 is 0 Å². The minimum absolute atomic E-state index is 0.0590. The number of aromatic nitrogens is 3. The lowest BCUT2D eigenvalue weighted by Gasteiger charge is -2.08. The molecule has 8 heteroatoms. The van der Waals surface area contributed by atoms with Crippen LogP contribution in [0.5, 0.6) is 0 Å². The maximum atomic E-state index is 12.0. The first-order valence-electron chi connectivity index (χ1n) is 8.27. The van der Waals surface area contributed by atoms with Gasteiger partial charge in [-0.25, -0.2) is 0 Å². The number of nitrogen functional groups attached to an aromatic ring is 1. The summed E-state index contributed by atoms with van der Waals surface area (Å²) in [6, 6.07) is 17.3. The molecule has 0 fully saturated rings. The number of carbonyl (C=O) groups is 1. The van der Waals surface area contributed by atoms with E-state index in [4.69, 9.17) is 10.5 Å². The Morgan fingerprint density at radius 1 is 1.07 bits per heavy atom. The van der Waals surface area contributed by atoms with Crippen LogP contribution in [0.3, 0.4) is 0 Å². The minimum Gasteiger partial charge on any atom is -0.457 e. The number of ether oxygens (including phenoxy) is 1. The molecule has 0 spiro atoms. The normalized spacial score (nSPS) is 10.4. The van der Waals surface area contributed by atoms with Gasteiger partial charge in [0.1, 0.15) is 0 Å². The number of esters is 1. The van der Waals surface area contributed by atoms with Gasteiger partial charge >= 0.3 is 5.97 Å². The average molecular weight is 381 g/mol. The number of benzene rings is 2. The second-order valence-corrected chi connectivity index (χ2v) is 6.66. The molecule has 7 nitrogen and oxygen atoms in total. The third kappa shape index (κ3) is 5.68. The highest BCUT2D eigenvalue weighted by molar-refractivity contribution is 8.00. The predicted molar refractivity (Wildman–Crippen MR) is 106 cm³/mol. The van der Waals surface area contributed by atoms with Crippen LogP contribution in [0.25, 0.3) is 0 Å². The number of thioether (sulfide) groups is 1. The number of anilines is 3. The topological polar surface area (TPSA) is 103 Å². The van der Waals surface area contributed by atoms with Gasteiger partial charge in [-0.2, -0.15) is 15.0 Å². The summed E-state index contributed by atoms with van der Waals surface area (Å²) in [7, 11) is 0. The maximum absolute atomic E-state index is 12.0. The lowest BCUT2D eigenvalue weighted by Crippen LogP contribution is -2.12. The molecule has 0 amide bonds. The Kier molecular flexibility index (Phi) is 6.22. The van der Waals surface area contributed by atoms with Gasteiger partial charge in [0.15, 0.2) is 12.4 Å². The van der Waals surface area contributed by atoms with Gasteiger partial charge in [-0.1, -0.05) is 36.4 Å². The molecule has 3 N–H and O–H groups in total. The SMILES string of the molecule is Cc1ccccc1SCC(=O)OCc1nc(N)nc(Nc2ccccc2)n1. The Labute approximate surface area is 161 Å². The van der Waals surface area contributed by atoms with E-state index in [1.54, 1.807) is 0 Å². The molecule has 0 radical (unpaired) electrons. The van der Waals surface area contributed by atoms with Crippen molar-refractivity contribution in [1.29, 1.82) is 0 Å². The number of nitrogens with two attached hydrogens (primary N) is 1. The van der Waals surface area contributed by atoms with Crippen LogP contribution >= 0.6 is 11.8 Å². The lowest BCUT2D eigenvalue weighted by molar-refractivity contribution is -0.141. The summed E-state index contributed by atoms with van der Waals surface area (Å²) >= 11 is 1.43. The zero-order valence-corrected chi connectivity index (χ0v) is 15.6. The van der Waals surface area contributed by atoms with E-state index >= 15 is 0 Å². The van der Waals surface area contributed by atoms with Crippen LogP contribution in [-0.4, -0.2) is 26.7 Å². The van der Waals surface area contributed by atoms with Gasteiger partial charge in [0.25, 0.3) is 0 Å². The van der Waals surface area contributed by atoms with Crippen molar-refractivity contribution in [2.75, 3.05) is 16.8 Å². The van der Waals surface area contributed by atoms with E-state index in [2.05, 4.69) is 20.3 Å². The Balaban J connectivity index is 1.55. The van der Waals surface area contributed by atoms with Gasteiger partial charge in [0.2, 0.25) is 11.9 Å². The maximum Gasteiger partial charge on any atom is 0.316 e. The molecule has 0 aliphatic heterocycles. The summed E-state index contributed by atoms with van der Waals surface area (Å²) in [5.41, 5.74) is 7.67. The second kappa shape index (κ2) is 9.00. The van der Waals surface area contributed by atoms with Crippen molar-refractivity contribution in [3.8, 4) is 0 Å². The molecule has 0 aliphatic carbocycles. The van der Waals surface area contributed by atoms with Crippen molar-refractivity contribution < 1.29 is 9.53 Å². The Morgan fingerprint density at radius 3 is 2.59 bits per heavy atom. The third-order valence-electron chi connectivity index (χ3n) is 3.53. The number of nitrogens with one attached hydrogen (secondary N) is 1. The van der Waals surface area contributed by atoms with Crippen LogP contribution in [0, 0.1) is 6.92 Å². The van der Waals surface area contributed by atoms with Crippen LogP contribution in [0.1, 0.15) is 11.4 Å². The van der Waals surface area contributed by atoms with Crippen LogP contribution in [-0.2, 0) is 16.1 Å². The van der Waals surface area contributed by atoms with Crippen LogP contribution in [0.2, 0.25) is 0 Å². The highest BCUT2D eigenvalue weighted by Gasteiger charge is 2.10. The largest absolute Gasteiger partial charge is 0.457 e. The number of rotatable bonds is 7. The lowest BCUT2D eigenvalue weighted by atomic mass is 10.2. The molecule has 1 aromatic heterocycles. The van der Waals surface area contributed by atoms with Gasteiger partial charge in [0, 0.05) is 10.6 Å². The summed E-state index contributed by atoms with van der Waals surface area (Å²) < 4.78 is 5.25. The van der Waals surface area contributed by atoms with Crippen molar-refractivity contribution in [1.82, 2.24) is 15.0 Å². The van der Waals surface area contributed by atoms with Gasteiger partial charge in [-0.15, -0.1) is 11.8 Å². The number of aryl methyl sites for hydroxylation is 1. The fourth-order valence-corrected chi connectivity index (χ4v) is 3.08. The minimum atomic E-state index is -0.347. The van der Waals surface area contributed by atoms with Gasteiger partial charge < -0.3 is 15.8 Å². The first-order valence-corrected chi connectivity index (χ1v) is 9.25. The first kappa shape index (κ1) is 18.7. The summed E-state index contributed by atoms with van der Waals surface area (Å²) in [4.78, 5) is 25.3. The standard InChI is InChI=1S/C19H19N5O2S/c1-13-7-5-6-10-15(13)27-12-17(25)26-11-16-22-18(20)24-19(23-16)21-14-8-3-2-4-9-14/h2-10H,11-12H2,1H3,(H3,20,21,22,23,24). The number of nitrogens with zero attached hydrogens (tertiary/aromatic N) is 3. The monoisotopic (exact) mass is 381 g/mol. The molecule has 2 aromatic carbocycles. The average Bonchev–Trinajstić information content (AvgIpc) is 2.66. The van der Waals surface area contributed by atoms with Crippen LogP contribution < -0.4 is 11.1 Å². The number of para-hydroxylation sites is 1.